The Labute approximate surface area is 71.8 Å². The van der Waals surface area contributed by atoms with Crippen molar-refractivity contribution in [2.24, 2.45) is 11.8 Å². The molecule has 0 aliphatic heterocycles. The third-order valence-corrected chi connectivity index (χ3v) is 2.58. The van der Waals surface area contributed by atoms with Crippen molar-refractivity contribution in [2.45, 2.75) is 32.6 Å². The maximum atomic E-state index is 11.0. The molecule has 1 unspecified atom stereocenters. The lowest BCUT2D eigenvalue weighted by Gasteiger charge is -2.15. The summed E-state index contributed by atoms with van der Waals surface area (Å²) in [5.41, 5.74) is 0. The number of hydrogen-bond acceptors (Lipinski definition) is 2. The number of carboxylic acids is 1. The molecule has 3 nitrogen and oxygen atoms in total. The molecule has 0 aromatic carbocycles. The van der Waals surface area contributed by atoms with Crippen LogP contribution in [0.1, 0.15) is 32.6 Å². The highest BCUT2D eigenvalue weighted by atomic mass is 16.4. The molecular formula is C9H14O3. The zero-order chi connectivity index (χ0) is 9.14. The van der Waals surface area contributed by atoms with Crippen LogP contribution >= 0.6 is 0 Å². The normalized spacial score (nSPS) is 20.8. The van der Waals surface area contributed by atoms with Crippen LogP contribution in [0.4, 0.5) is 0 Å². The number of aliphatic carboxylic acids is 1. The maximum absolute atomic E-state index is 11.0. The van der Waals surface area contributed by atoms with Crippen LogP contribution < -0.4 is 0 Å². The van der Waals surface area contributed by atoms with Gasteiger partial charge in [-0.15, -0.1) is 0 Å². The molecular weight excluding hydrogens is 156 g/mol. The van der Waals surface area contributed by atoms with Crippen LogP contribution in [0.2, 0.25) is 0 Å². The summed E-state index contributed by atoms with van der Waals surface area (Å²) in [6.07, 6.45) is 3.94. The fourth-order valence-electron chi connectivity index (χ4n) is 2.00. The van der Waals surface area contributed by atoms with Crippen LogP contribution in [-0.4, -0.2) is 16.9 Å². The second-order valence-corrected chi connectivity index (χ2v) is 3.47. The summed E-state index contributed by atoms with van der Waals surface area (Å²) in [6.45, 7) is 1.37. The van der Waals surface area contributed by atoms with Crippen molar-refractivity contribution in [3.05, 3.63) is 0 Å². The predicted octanol–water partition coefficient (Wildman–Crippen LogP) is 1.47. The van der Waals surface area contributed by atoms with Crippen molar-refractivity contribution in [1.82, 2.24) is 0 Å². The van der Waals surface area contributed by atoms with E-state index in [1.54, 1.807) is 0 Å². The van der Waals surface area contributed by atoms with Gasteiger partial charge in [-0.1, -0.05) is 12.8 Å². The van der Waals surface area contributed by atoms with Gasteiger partial charge in [0.15, 0.2) is 0 Å². The van der Waals surface area contributed by atoms with E-state index in [0.29, 0.717) is 0 Å². The second-order valence-electron chi connectivity index (χ2n) is 3.47. The average molecular weight is 170 g/mol. The smallest absolute Gasteiger partial charge is 0.314 e. The van der Waals surface area contributed by atoms with Gasteiger partial charge in [-0.2, -0.15) is 0 Å². The number of Topliss-reactive ketones (excluding diaryl/α,β-unsaturated/α-hetero) is 1. The number of carbonyl (C=O) groups excluding carboxylic acids is 1. The Hall–Kier alpha value is -0.860. The van der Waals surface area contributed by atoms with Crippen LogP contribution in [0, 0.1) is 11.8 Å². The number of carboxylic acid groups (broad SMARTS) is 1. The molecule has 0 aromatic rings. The minimum atomic E-state index is -0.950. The zero-order valence-electron chi connectivity index (χ0n) is 7.25. The quantitative estimate of drug-likeness (QED) is 0.652. The van der Waals surface area contributed by atoms with E-state index < -0.39 is 11.9 Å². The SMILES string of the molecule is CC(=O)C(C(=O)O)C1CCCC1. The third-order valence-electron chi connectivity index (χ3n) is 2.58. The Morgan fingerprint density at radius 1 is 1.33 bits per heavy atom. The van der Waals surface area contributed by atoms with Crippen molar-refractivity contribution in [2.75, 3.05) is 0 Å². The number of carbonyl (C=O) groups is 2. The van der Waals surface area contributed by atoms with Gasteiger partial charge < -0.3 is 5.11 Å². The highest BCUT2D eigenvalue weighted by Gasteiger charge is 2.33. The second kappa shape index (κ2) is 3.70. The minimum Gasteiger partial charge on any atom is -0.481 e. The van der Waals surface area contributed by atoms with Gasteiger partial charge in [0, 0.05) is 0 Å². The first-order chi connectivity index (χ1) is 5.63. The predicted molar refractivity (Wildman–Crippen MR) is 43.8 cm³/mol. The van der Waals surface area contributed by atoms with Crippen molar-refractivity contribution in [3.8, 4) is 0 Å². The lowest BCUT2D eigenvalue weighted by atomic mass is 9.88. The lowest BCUT2D eigenvalue weighted by molar-refractivity contribution is -0.147. The Kier molecular flexibility index (Phi) is 2.84. The van der Waals surface area contributed by atoms with Crippen LogP contribution in [-0.2, 0) is 9.59 Å². The fourth-order valence-corrected chi connectivity index (χ4v) is 2.00. The summed E-state index contributed by atoms with van der Waals surface area (Å²) < 4.78 is 0. The van der Waals surface area contributed by atoms with Crippen LogP contribution in [0.15, 0.2) is 0 Å². The van der Waals surface area contributed by atoms with Crippen molar-refractivity contribution in [3.63, 3.8) is 0 Å². The van der Waals surface area contributed by atoms with E-state index >= 15 is 0 Å². The molecule has 0 radical (unpaired) electrons. The zero-order valence-corrected chi connectivity index (χ0v) is 7.25. The van der Waals surface area contributed by atoms with Crippen LogP contribution in [0.25, 0.3) is 0 Å². The Balaban J connectivity index is 2.64. The van der Waals surface area contributed by atoms with E-state index in [9.17, 15) is 9.59 Å². The van der Waals surface area contributed by atoms with Gasteiger partial charge in [0.05, 0.1) is 0 Å². The van der Waals surface area contributed by atoms with E-state index in [4.69, 9.17) is 5.11 Å². The van der Waals surface area contributed by atoms with Crippen molar-refractivity contribution in [1.29, 1.82) is 0 Å². The molecule has 1 fully saturated rings. The molecule has 0 spiro atoms. The Bertz CT molecular complexity index is 178. The van der Waals surface area contributed by atoms with Crippen molar-refractivity contribution >= 4 is 11.8 Å². The van der Waals surface area contributed by atoms with Gasteiger partial charge >= 0.3 is 5.97 Å². The monoisotopic (exact) mass is 170 g/mol. The van der Waals surface area contributed by atoms with E-state index in [-0.39, 0.29) is 11.7 Å². The molecule has 0 heterocycles. The molecule has 1 aliphatic carbocycles. The Morgan fingerprint density at radius 2 is 1.83 bits per heavy atom. The molecule has 0 amide bonds. The third kappa shape index (κ3) is 1.84. The van der Waals surface area contributed by atoms with E-state index in [1.165, 1.54) is 6.92 Å². The fraction of sp³-hybridized carbons (Fsp3) is 0.778. The first kappa shape index (κ1) is 9.23. The highest BCUT2D eigenvalue weighted by molar-refractivity contribution is 5.97. The van der Waals surface area contributed by atoms with Crippen LogP contribution in [0.3, 0.4) is 0 Å². The summed E-state index contributed by atoms with van der Waals surface area (Å²) in [5, 5.41) is 8.78. The molecule has 12 heavy (non-hydrogen) atoms. The van der Waals surface area contributed by atoms with E-state index in [0.717, 1.165) is 25.7 Å². The van der Waals surface area contributed by atoms with Gasteiger partial charge in [-0.3, -0.25) is 9.59 Å². The molecule has 1 rings (SSSR count). The summed E-state index contributed by atoms with van der Waals surface area (Å²) >= 11 is 0. The summed E-state index contributed by atoms with van der Waals surface area (Å²) in [6, 6.07) is 0. The van der Waals surface area contributed by atoms with Gasteiger partial charge in [0.1, 0.15) is 11.7 Å². The molecule has 1 atom stereocenters. The van der Waals surface area contributed by atoms with E-state index in [2.05, 4.69) is 0 Å². The van der Waals surface area contributed by atoms with Gasteiger partial charge in [-0.25, -0.2) is 0 Å². The first-order valence-corrected chi connectivity index (χ1v) is 4.36. The molecule has 1 saturated carbocycles. The summed E-state index contributed by atoms with van der Waals surface area (Å²) in [7, 11) is 0. The minimum absolute atomic E-state index is 0.0972. The molecule has 0 saturated heterocycles. The molecule has 0 bridgehead atoms. The van der Waals surface area contributed by atoms with Gasteiger partial charge in [0.2, 0.25) is 0 Å². The number of hydrogen-bond donors (Lipinski definition) is 1. The first-order valence-electron chi connectivity index (χ1n) is 4.36. The Morgan fingerprint density at radius 3 is 2.17 bits per heavy atom. The van der Waals surface area contributed by atoms with E-state index in [1.807, 2.05) is 0 Å². The molecule has 1 aliphatic rings. The topological polar surface area (TPSA) is 54.4 Å². The summed E-state index contributed by atoms with van der Waals surface area (Å²) in [5.74, 6) is -1.80. The van der Waals surface area contributed by atoms with Crippen molar-refractivity contribution < 1.29 is 14.7 Å². The number of rotatable bonds is 3. The van der Waals surface area contributed by atoms with Gasteiger partial charge in [-0.05, 0) is 25.7 Å². The molecule has 68 valence electrons. The van der Waals surface area contributed by atoms with Gasteiger partial charge in [0.25, 0.3) is 0 Å². The molecule has 3 heteroatoms. The maximum Gasteiger partial charge on any atom is 0.314 e. The number of ketones is 1. The highest BCUT2D eigenvalue weighted by Crippen LogP contribution is 2.31. The standard InChI is InChI=1S/C9H14O3/c1-6(10)8(9(11)12)7-4-2-3-5-7/h7-8H,2-5H2,1H3,(H,11,12). The van der Waals surface area contributed by atoms with Crippen LogP contribution in [0.5, 0.6) is 0 Å². The average Bonchev–Trinajstić information content (AvgIpc) is 2.37. The lowest BCUT2D eigenvalue weighted by Crippen LogP contribution is -2.28. The summed E-state index contributed by atoms with van der Waals surface area (Å²) in [4.78, 5) is 21.7. The molecule has 1 N–H and O–H groups in total. The molecule has 0 aromatic heterocycles. The largest absolute Gasteiger partial charge is 0.481 e.